The van der Waals surface area contributed by atoms with E-state index in [1.165, 1.54) is 12.1 Å². The number of rotatable bonds is 8. The molecule has 0 amide bonds. The SMILES string of the molecule is Oc1ccc(OC[C@@H](O)CNCCc2ccc(Cl)c(Cl)c2)c(F)c1. The predicted octanol–water partition coefficient (Wildman–Crippen LogP) is 3.41. The van der Waals surface area contributed by atoms with Gasteiger partial charge in [0, 0.05) is 12.6 Å². The Kier molecular flexibility index (Phi) is 7.12. The molecule has 130 valence electrons. The van der Waals surface area contributed by atoms with Crippen molar-refractivity contribution in [3.05, 3.63) is 57.8 Å². The highest BCUT2D eigenvalue weighted by molar-refractivity contribution is 6.42. The average Bonchev–Trinajstić information content (AvgIpc) is 2.54. The van der Waals surface area contributed by atoms with E-state index < -0.39 is 11.9 Å². The van der Waals surface area contributed by atoms with Crippen molar-refractivity contribution >= 4 is 23.2 Å². The Balaban J connectivity index is 1.67. The van der Waals surface area contributed by atoms with E-state index >= 15 is 0 Å². The standard InChI is InChI=1S/C17H18Cl2FNO3/c18-14-3-1-11(7-15(14)19)5-6-21-9-13(23)10-24-17-4-2-12(22)8-16(17)20/h1-4,7-8,13,21-23H,5-6,9-10H2/t13-/m0/s1. The minimum atomic E-state index is -0.785. The van der Waals surface area contributed by atoms with Crippen LogP contribution in [-0.4, -0.2) is 36.0 Å². The van der Waals surface area contributed by atoms with Gasteiger partial charge in [-0.15, -0.1) is 0 Å². The maximum Gasteiger partial charge on any atom is 0.168 e. The Morgan fingerprint density at radius 2 is 1.92 bits per heavy atom. The van der Waals surface area contributed by atoms with Gasteiger partial charge in [0.15, 0.2) is 11.6 Å². The van der Waals surface area contributed by atoms with Crippen LogP contribution in [0.5, 0.6) is 11.5 Å². The minimum absolute atomic E-state index is 0.0114. The summed E-state index contributed by atoms with van der Waals surface area (Å²) in [6.45, 7) is 0.894. The quantitative estimate of drug-likeness (QED) is 0.620. The lowest BCUT2D eigenvalue weighted by Crippen LogP contribution is -2.32. The molecule has 2 aromatic carbocycles. The maximum atomic E-state index is 13.5. The van der Waals surface area contributed by atoms with Gasteiger partial charge in [-0.2, -0.15) is 0 Å². The summed E-state index contributed by atoms with van der Waals surface area (Å²) in [6.07, 6.45) is -0.0520. The number of aromatic hydroxyl groups is 1. The third-order valence-corrected chi connectivity index (χ3v) is 4.04. The van der Waals surface area contributed by atoms with Crippen molar-refractivity contribution in [3.63, 3.8) is 0 Å². The second-order valence-electron chi connectivity index (χ2n) is 5.28. The molecule has 3 N–H and O–H groups in total. The number of nitrogens with one attached hydrogen (secondary N) is 1. The van der Waals surface area contributed by atoms with Crippen LogP contribution in [-0.2, 0) is 6.42 Å². The normalized spacial score (nSPS) is 12.2. The fourth-order valence-corrected chi connectivity index (χ4v) is 2.37. The zero-order valence-corrected chi connectivity index (χ0v) is 14.3. The van der Waals surface area contributed by atoms with Crippen molar-refractivity contribution in [2.75, 3.05) is 19.7 Å². The molecule has 0 radical (unpaired) electrons. The number of benzene rings is 2. The molecule has 2 aromatic rings. The van der Waals surface area contributed by atoms with Gasteiger partial charge in [-0.25, -0.2) is 4.39 Å². The number of ether oxygens (including phenoxy) is 1. The smallest absolute Gasteiger partial charge is 0.168 e. The van der Waals surface area contributed by atoms with E-state index in [-0.39, 0.29) is 18.1 Å². The van der Waals surface area contributed by atoms with Crippen LogP contribution in [0.4, 0.5) is 4.39 Å². The van der Waals surface area contributed by atoms with Crippen LogP contribution in [0, 0.1) is 5.82 Å². The van der Waals surface area contributed by atoms with Gasteiger partial charge in [0.25, 0.3) is 0 Å². The summed E-state index contributed by atoms with van der Waals surface area (Å²) in [6, 6.07) is 9.03. The van der Waals surface area contributed by atoms with Crippen LogP contribution in [0.25, 0.3) is 0 Å². The molecular formula is C17H18Cl2FNO3. The molecule has 0 heterocycles. The molecule has 0 spiro atoms. The molecule has 0 fully saturated rings. The van der Waals surface area contributed by atoms with E-state index in [9.17, 15) is 9.50 Å². The Bertz CT molecular complexity index is 685. The van der Waals surface area contributed by atoms with Crippen molar-refractivity contribution in [1.82, 2.24) is 5.32 Å². The van der Waals surface area contributed by atoms with Gasteiger partial charge in [-0.05, 0) is 42.8 Å². The third kappa shape index (κ3) is 5.83. The number of hydrogen-bond donors (Lipinski definition) is 3. The van der Waals surface area contributed by atoms with Crippen molar-refractivity contribution in [2.45, 2.75) is 12.5 Å². The summed E-state index contributed by atoms with van der Waals surface area (Å²) in [4.78, 5) is 0. The fraction of sp³-hybridized carbons (Fsp3) is 0.294. The average molecular weight is 374 g/mol. The van der Waals surface area contributed by atoms with Crippen molar-refractivity contribution < 1.29 is 19.3 Å². The van der Waals surface area contributed by atoms with Gasteiger partial charge in [0.1, 0.15) is 18.5 Å². The Morgan fingerprint density at radius 3 is 2.62 bits per heavy atom. The molecular weight excluding hydrogens is 356 g/mol. The van der Waals surface area contributed by atoms with E-state index in [1.54, 1.807) is 12.1 Å². The number of hydrogen-bond acceptors (Lipinski definition) is 4. The second-order valence-corrected chi connectivity index (χ2v) is 6.10. The summed E-state index contributed by atoms with van der Waals surface area (Å²) >= 11 is 11.8. The first-order chi connectivity index (χ1) is 11.5. The maximum absolute atomic E-state index is 13.5. The summed E-state index contributed by atoms with van der Waals surface area (Å²) in [7, 11) is 0. The monoisotopic (exact) mass is 373 g/mol. The summed E-state index contributed by atoms with van der Waals surface area (Å²) in [5.74, 6) is -0.859. The highest BCUT2D eigenvalue weighted by atomic mass is 35.5. The number of phenolic OH excluding ortho intramolecular Hbond substituents is 1. The summed E-state index contributed by atoms with van der Waals surface area (Å²) < 4.78 is 18.6. The van der Waals surface area contributed by atoms with E-state index in [2.05, 4.69) is 5.32 Å². The molecule has 4 nitrogen and oxygen atoms in total. The lowest BCUT2D eigenvalue weighted by atomic mass is 10.1. The first-order valence-electron chi connectivity index (χ1n) is 7.39. The first-order valence-corrected chi connectivity index (χ1v) is 8.15. The lowest BCUT2D eigenvalue weighted by molar-refractivity contribution is 0.104. The highest BCUT2D eigenvalue weighted by Crippen LogP contribution is 2.23. The van der Waals surface area contributed by atoms with Gasteiger partial charge in [-0.1, -0.05) is 29.3 Å². The first kappa shape index (κ1) is 18.8. The summed E-state index contributed by atoms with van der Waals surface area (Å²) in [5.41, 5.74) is 1.04. The molecule has 1 atom stereocenters. The Labute approximate surface area is 149 Å². The molecule has 0 aliphatic rings. The number of halogens is 3. The van der Waals surface area contributed by atoms with Crippen LogP contribution in [0.2, 0.25) is 10.0 Å². The van der Waals surface area contributed by atoms with Crippen LogP contribution < -0.4 is 10.1 Å². The Morgan fingerprint density at radius 1 is 1.12 bits per heavy atom. The van der Waals surface area contributed by atoms with Crippen molar-refractivity contribution in [3.8, 4) is 11.5 Å². The molecule has 2 rings (SSSR count). The second kappa shape index (κ2) is 9.08. The van der Waals surface area contributed by atoms with Gasteiger partial charge in [0.2, 0.25) is 0 Å². The van der Waals surface area contributed by atoms with E-state index in [4.69, 9.17) is 33.0 Å². The third-order valence-electron chi connectivity index (χ3n) is 3.30. The number of aliphatic hydroxyl groups is 1. The van der Waals surface area contributed by atoms with Gasteiger partial charge in [-0.3, -0.25) is 0 Å². The molecule has 0 aliphatic heterocycles. The van der Waals surface area contributed by atoms with E-state index in [0.29, 0.717) is 23.1 Å². The van der Waals surface area contributed by atoms with Crippen LogP contribution in [0.1, 0.15) is 5.56 Å². The van der Waals surface area contributed by atoms with Crippen LogP contribution >= 0.6 is 23.2 Å². The zero-order valence-electron chi connectivity index (χ0n) is 12.8. The van der Waals surface area contributed by atoms with E-state index in [1.807, 2.05) is 6.07 Å². The molecule has 0 saturated heterocycles. The molecule has 0 aliphatic carbocycles. The molecule has 0 unspecified atom stereocenters. The van der Waals surface area contributed by atoms with Crippen LogP contribution in [0.15, 0.2) is 36.4 Å². The topological polar surface area (TPSA) is 61.7 Å². The fourth-order valence-electron chi connectivity index (χ4n) is 2.05. The van der Waals surface area contributed by atoms with Crippen LogP contribution in [0.3, 0.4) is 0 Å². The largest absolute Gasteiger partial charge is 0.508 e. The van der Waals surface area contributed by atoms with Crippen molar-refractivity contribution in [1.29, 1.82) is 0 Å². The van der Waals surface area contributed by atoms with Gasteiger partial charge >= 0.3 is 0 Å². The number of phenols is 1. The molecule has 0 saturated carbocycles. The molecule has 0 aromatic heterocycles. The summed E-state index contributed by atoms with van der Waals surface area (Å²) in [5, 5.41) is 23.1. The zero-order chi connectivity index (χ0) is 17.5. The predicted molar refractivity (Wildman–Crippen MR) is 92.6 cm³/mol. The number of aliphatic hydroxyl groups excluding tert-OH is 1. The van der Waals surface area contributed by atoms with E-state index in [0.717, 1.165) is 18.1 Å². The Hall–Kier alpha value is -1.53. The lowest BCUT2D eigenvalue weighted by Gasteiger charge is -2.14. The molecule has 24 heavy (non-hydrogen) atoms. The van der Waals surface area contributed by atoms with Gasteiger partial charge < -0.3 is 20.3 Å². The molecule has 7 heteroatoms. The minimum Gasteiger partial charge on any atom is -0.508 e. The molecule has 0 bridgehead atoms. The van der Waals surface area contributed by atoms with Crippen molar-refractivity contribution in [2.24, 2.45) is 0 Å². The highest BCUT2D eigenvalue weighted by Gasteiger charge is 2.09. The van der Waals surface area contributed by atoms with Gasteiger partial charge in [0.05, 0.1) is 10.0 Å².